The fourth-order valence-corrected chi connectivity index (χ4v) is 1.80. The number of benzene rings is 1. The number of carbonyl (C=O) groups excluding carboxylic acids is 1. The van der Waals surface area contributed by atoms with E-state index >= 15 is 0 Å². The molecule has 0 spiro atoms. The van der Waals surface area contributed by atoms with Gasteiger partial charge in [0.25, 0.3) is 5.56 Å². The van der Waals surface area contributed by atoms with Gasteiger partial charge in [-0.2, -0.15) is 18.4 Å². The highest BCUT2D eigenvalue weighted by Crippen LogP contribution is 2.28. The average molecular weight is 306 g/mol. The molecule has 2 rings (SSSR count). The second-order valence-electron chi connectivity index (χ2n) is 4.49. The van der Waals surface area contributed by atoms with Crippen LogP contribution in [0.5, 0.6) is 0 Å². The average Bonchev–Trinajstić information content (AvgIpc) is 2.48. The fraction of sp³-hybridized carbons (Fsp3) is 0.133. The van der Waals surface area contributed by atoms with Gasteiger partial charge in [-0.05, 0) is 18.2 Å². The lowest BCUT2D eigenvalue weighted by molar-refractivity contribution is -0.138. The minimum absolute atomic E-state index is 0.211. The summed E-state index contributed by atoms with van der Waals surface area (Å²) in [5.74, 6) is -0.522. The van der Waals surface area contributed by atoms with Crippen molar-refractivity contribution in [2.45, 2.75) is 12.7 Å². The van der Waals surface area contributed by atoms with Gasteiger partial charge >= 0.3 is 6.18 Å². The van der Waals surface area contributed by atoms with Crippen molar-refractivity contribution in [2.75, 3.05) is 0 Å². The van der Waals surface area contributed by atoms with Crippen LogP contribution in [-0.4, -0.2) is 10.4 Å². The lowest BCUT2D eigenvalue weighted by atomic mass is 10.1. The van der Waals surface area contributed by atoms with Crippen LogP contribution in [0.1, 0.15) is 21.5 Å². The summed E-state index contributed by atoms with van der Waals surface area (Å²) in [6.07, 6.45) is -3.98. The number of carbonyl (C=O) groups is 1. The standard InChI is InChI=1S/C15H9F3N2O2/c16-15(17,18)12-5-6-14(22)20(8-12)9-13(21)11-3-1-10(7-19)2-4-11/h1-6,8H,9H2. The molecular formula is C15H9F3N2O2. The van der Waals surface area contributed by atoms with E-state index in [0.717, 1.165) is 6.07 Å². The molecule has 0 aliphatic heterocycles. The molecule has 0 unspecified atom stereocenters. The first-order valence-corrected chi connectivity index (χ1v) is 6.12. The Morgan fingerprint density at radius 2 is 1.77 bits per heavy atom. The molecule has 0 aliphatic rings. The summed E-state index contributed by atoms with van der Waals surface area (Å²) in [6.45, 7) is -0.505. The molecule has 2 aromatic rings. The van der Waals surface area contributed by atoms with E-state index < -0.39 is 29.6 Å². The highest BCUT2D eigenvalue weighted by atomic mass is 19.4. The highest BCUT2D eigenvalue weighted by molar-refractivity contribution is 5.95. The van der Waals surface area contributed by atoms with Gasteiger partial charge in [-0.15, -0.1) is 0 Å². The van der Waals surface area contributed by atoms with Crippen LogP contribution in [-0.2, 0) is 12.7 Å². The quantitative estimate of drug-likeness (QED) is 0.819. The van der Waals surface area contributed by atoms with Crippen molar-refractivity contribution < 1.29 is 18.0 Å². The van der Waals surface area contributed by atoms with Crippen molar-refractivity contribution in [3.63, 3.8) is 0 Å². The number of Topliss-reactive ketones (excluding diaryl/α,β-unsaturated/α-hetero) is 1. The molecule has 0 saturated carbocycles. The van der Waals surface area contributed by atoms with E-state index in [1.165, 1.54) is 24.3 Å². The van der Waals surface area contributed by atoms with E-state index in [1.54, 1.807) is 0 Å². The van der Waals surface area contributed by atoms with Gasteiger partial charge in [0.05, 0.1) is 23.7 Å². The number of alkyl halides is 3. The van der Waals surface area contributed by atoms with Gasteiger partial charge < -0.3 is 4.57 Å². The van der Waals surface area contributed by atoms with Gasteiger partial charge in [-0.1, -0.05) is 12.1 Å². The molecule has 1 heterocycles. The fourth-order valence-electron chi connectivity index (χ4n) is 1.80. The number of hydrogen-bond acceptors (Lipinski definition) is 3. The highest BCUT2D eigenvalue weighted by Gasteiger charge is 2.31. The first kappa shape index (κ1) is 15.5. The van der Waals surface area contributed by atoms with E-state index in [9.17, 15) is 22.8 Å². The number of nitrogens with zero attached hydrogens (tertiary/aromatic N) is 2. The van der Waals surface area contributed by atoms with Crippen LogP contribution >= 0.6 is 0 Å². The second kappa shape index (κ2) is 5.85. The Kier molecular flexibility index (Phi) is 4.13. The minimum Gasteiger partial charge on any atom is -0.307 e. The Morgan fingerprint density at radius 3 is 2.32 bits per heavy atom. The Hall–Kier alpha value is -2.88. The van der Waals surface area contributed by atoms with Gasteiger partial charge in [0.15, 0.2) is 5.78 Å². The largest absolute Gasteiger partial charge is 0.417 e. The number of ketones is 1. The zero-order chi connectivity index (χ0) is 16.3. The van der Waals surface area contributed by atoms with Crippen LogP contribution in [0.15, 0.2) is 47.4 Å². The first-order chi connectivity index (χ1) is 10.3. The monoisotopic (exact) mass is 306 g/mol. The van der Waals surface area contributed by atoms with Crippen molar-refractivity contribution in [3.05, 3.63) is 69.6 Å². The summed E-state index contributed by atoms with van der Waals surface area (Å²) < 4.78 is 38.5. The smallest absolute Gasteiger partial charge is 0.307 e. The maximum atomic E-state index is 12.6. The first-order valence-electron chi connectivity index (χ1n) is 6.12. The van der Waals surface area contributed by atoms with Crippen LogP contribution in [0.4, 0.5) is 13.2 Å². The Bertz CT molecular complexity index is 799. The molecular weight excluding hydrogens is 297 g/mol. The van der Waals surface area contributed by atoms with Gasteiger partial charge in [-0.3, -0.25) is 9.59 Å². The molecule has 112 valence electrons. The number of halogens is 3. The number of rotatable bonds is 3. The number of nitriles is 1. The van der Waals surface area contributed by atoms with E-state index in [2.05, 4.69) is 0 Å². The van der Waals surface area contributed by atoms with Crippen molar-refractivity contribution in [1.29, 1.82) is 5.26 Å². The summed E-state index contributed by atoms with van der Waals surface area (Å²) >= 11 is 0. The number of aromatic nitrogens is 1. The van der Waals surface area contributed by atoms with Crippen molar-refractivity contribution in [1.82, 2.24) is 4.57 Å². The summed E-state index contributed by atoms with van der Waals surface area (Å²) in [4.78, 5) is 23.6. The van der Waals surface area contributed by atoms with Crippen molar-refractivity contribution >= 4 is 5.78 Å². The van der Waals surface area contributed by atoms with Gasteiger partial charge in [-0.25, -0.2) is 0 Å². The summed E-state index contributed by atoms with van der Waals surface area (Å²) in [7, 11) is 0. The maximum Gasteiger partial charge on any atom is 0.417 e. The predicted octanol–water partition coefficient (Wildman–Crippen LogP) is 2.62. The van der Waals surface area contributed by atoms with E-state index in [0.29, 0.717) is 22.4 Å². The second-order valence-corrected chi connectivity index (χ2v) is 4.49. The maximum absolute atomic E-state index is 12.6. The van der Waals surface area contributed by atoms with E-state index in [-0.39, 0.29) is 5.56 Å². The predicted molar refractivity (Wildman–Crippen MR) is 71.2 cm³/mol. The molecule has 0 fully saturated rings. The summed E-state index contributed by atoms with van der Waals surface area (Å²) in [5.41, 5.74) is -1.13. The Balaban J connectivity index is 2.28. The molecule has 0 radical (unpaired) electrons. The van der Waals surface area contributed by atoms with Crippen LogP contribution in [0.25, 0.3) is 0 Å². The third-order valence-corrected chi connectivity index (χ3v) is 2.96. The normalized spacial score (nSPS) is 11.0. The van der Waals surface area contributed by atoms with Crippen molar-refractivity contribution in [3.8, 4) is 6.07 Å². The Morgan fingerprint density at radius 1 is 1.14 bits per heavy atom. The SMILES string of the molecule is N#Cc1ccc(C(=O)Cn2cc(C(F)(F)F)ccc2=O)cc1. The van der Waals surface area contributed by atoms with Crippen LogP contribution in [0.3, 0.4) is 0 Å². The van der Waals surface area contributed by atoms with Crippen LogP contribution < -0.4 is 5.56 Å². The van der Waals surface area contributed by atoms with E-state index in [1.807, 2.05) is 6.07 Å². The number of hydrogen-bond donors (Lipinski definition) is 0. The topological polar surface area (TPSA) is 62.9 Å². The summed E-state index contributed by atoms with van der Waals surface area (Å²) in [6, 6.07) is 8.94. The third-order valence-electron chi connectivity index (χ3n) is 2.96. The lowest BCUT2D eigenvalue weighted by Gasteiger charge is -2.10. The molecule has 0 N–H and O–H groups in total. The molecule has 22 heavy (non-hydrogen) atoms. The molecule has 0 saturated heterocycles. The molecule has 4 nitrogen and oxygen atoms in total. The Labute approximate surface area is 123 Å². The molecule has 7 heteroatoms. The number of pyridine rings is 1. The summed E-state index contributed by atoms with van der Waals surface area (Å²) in [5, 5.41) is 8.66. The van der Waals surface area contributed by atoms with Crippen molar-refractivity contribution in [2.24, 2.45) is 0 Å². The third kappa shape index (κ3) is 3.41. The van der Waals surface area contributed by atoms with Gasteiger partial charge in [0, 0.05) is 17.8 Å². The molecule has 1 aromatic carbocycles. The lowest BCUT2D eigenvalue weighted by Crippen LogP contribution is -2.25. The molecule has 0 aliphatic carbocycles. The van der Waals surface area contributed by atoms with Crippen LogP contribution in [0, 0.1) is 11.3 Å². The minimum atomic E-state index is -4.59. The van der Waals surface area contributed by atoms with E-state index in [4.69, 9.17) is 5.26 Å². The molecule has 1 aromatic heterocycles. The van der Waals surface area contributed by atoms with Gasteiger partial charge in [0.2, 0.25) is 0 Å². The molecule has 0 bridgehead atoms. The zero-order valence-electron chi connectivity index (χ0n) is 11.1. The molecule has 0 atom stereocenters. The zero-order valence-corrected chi connectivity index (χ0v) is 11.1. The van der Waals surface area contributed by atoms with Gasteiger partial charge in [0.1, 0.15) is 0 Å². The van der Waals surface area contributed by atoms with Crippen LogP contribution in [0.2, 0.25) is 0 Å². The molecule has 0 amide bonds.